The predicted molar refractivity (Wildman–Crippen MR) is 89.8 cm³/mol. The first-order valence-electron chi connectivity index (χ1n) is 8.20. The van der Waals surface area contributed by atoms with Gasteiger partial charge < -0.3 is 9.80 Å². The molecule has 130 valence electrons. The molecule has 0 bridgehead atoms. The van der Waals surface area contributed by atoms with Gasteiger partial charge in [-0.25, -0.2) is 12.8 Å². The van der Waals surface area contributed by atoms with E-state index in [2.05, 4.69) is 0 Å². The number of carbonyl (C=O) groups excluding carboxylic acids is 1. The van der Waals surface area contributed by atoms with Gasteiger partial charge >= 0.3 is 0 Å². The van der Waals surface area contributed by atoms with Gasteiger partial charge in [-0.2, -0.15) is 0 Å². The van der Waals surface area contributed by atoms with Crippen LogP contribution in [0.2, 0.25) is 0 Å². The fourth-order valence-corrected chi connectivity index (χ4v) is 5.21. The Hall–Kier alpha value is -1.73. The van der Waals surface area contributed by atoms with Crippen LogP contribution in [-0.2, 0) is 14.6 Å². The fourth-order valence-electron chi connectivity index (χ4n) is 3.39. The molecule has 2 saturated heterocycles. The van der Waals surface area contributed by atoms with Crippen LogP contribution in [0, 0.1) is 5.82 Å². The lowest BCUT2D eigenvalue weighted by Crippen LogP contribution is -3.18. The van der Waals surface area contributed by atoms with Crippen LogP contribution in [0.15, 0.2) is 30.3 Å². The molecule has 2 fully saturated rings. The van der Waals surface area contributed by atoms with E-state index < -0.39 is 9.84 Å². The number of hydrogen-bond acceptors (Lipinski definition) is 3. The summed E-state index contributed by atoms with van der Waals surface area (Å²) in [6.07, 6.45) is 3.93. The zero-order chi connectivity index (χ0) is 17.2. The van der Waals surface area contributed by atoms with Crippen LogP contribution in [0.1, 0.15) is 12.0 Å². The monoisotopic (exact) mass is 353 g/mol. The maximum atomic E-state index is 12.8. The Morgan fingerprint density at radius 2 is 1.88 bits per heavy atom. The predicted octanol–water partition coefficient (Wildman–Crippen LogP) is -0.247. The van der Waals surface area contributed by atoms with Gasteiger partial charge in [-0.3, -0.25) is 4.79 Å². The molecule has 3 rings (SSSR count). The number of piperazine rings is 1. The third-order valence-electron chi connectivity index (χ3n) is 4.82. The molecule has 2 heterocycles. The number of sulfone groups is 1. The normalized spacial score (nSPS) is 24.5. The highest BCUT2D eigenvalue weighted by molar-refractivity contribution is 7.91. The van der Waals surface area contributed by atoms with E-state index in [1.54, 1.807) is 23.1 Å². The summed E-state index contributed by atoms with van der Waals surface area (Å²) in [7, 11) is -2.86. The second kappa shape index (κ2) is 7.03. The van der Waals surface area contributed by atoms with Crippen LogP contribution >= 0.6 is 0 Å². The molecule has 1 N–H and O–H groups in total. The fraction of sp³-hybridized carbons (Fsp3) is 0.471. The smallest absolute Gasteiger partial charge is 0.246 e. The molecule has 1 aromatic rings. The minimum Gasteiger partial charge on any atom is -0.329 e. The number of carbonyl (C=O) groups is 1. The van der Waals surface area contributed by atoms with Crippen molar-refractivity contribution in [1.82, 2.24) is 4.90 Å². The molecule has 0 unspecified atom stereocenters. The van der Waals surface area contributed by atoms with Gasteiger partial charge in [-0.15, -0.1) is 0 Å². The molecule has 0 aromatic heterocycles. The lowest BCUT2D eigenvalue weighted by Gasteiger charge is -2.34. The molecule has 0 saturated carbocycles. The van der Waals surface area contributed by atoms with Crippen molar-refractivity contribution < 1.29 is 22.5 Å². The first kappa shape index (κ1) is 17.1. The van der Waals surface area contributed by atoms with Crippen molar-refractivity contribution in [2.45, 2.75) is 12.5 Å². The minimum atomic E-state index is -2.86. The van der Waals surface area contributed by atoms with Crippen molar-refractivity contribution in [1.29, 1.82) is 0 Å². The van der Waals surface area contributed by atoms with Gasteiger partial charge in [-0.05, 0) is 23.8 Å². The van der Waals surface area contributed by atoms with Crippen molar-refractivity contribution in [3.63, 3.8) is 0 Å². The van der Waals surface area contributed by atoms with E-state index in [0.717, 1.165) is 25.1 Å². The topological polar surface area (TPSA) is 58.9 Å². The summed E-state index contributed by atoms with van der Waals surface area (Å²) < 4.78 is 36.0. The van der Waals surface area contributed by atoms with Crippen LogP contribution in [0.25, 0.3) is 6.08 Å². The summed E-state index contributed by atoms with van der Waals surface area (Å²) in [6.45, 7) is 2.85. The third-order valence-corrected chi connectivity index (χ3v) is 6.58. The van der Waals surface area contributed by atoms with E-state index in [4.69, 9.17) is 0 Å². The molecule has 5 nitrogen and oxygen atoms in total. The highest BCUT2D eigenvalue weighted by Crippen LogP contribution is 2.10. The number of benzene rings is 1. The van der Waals surface area contributed by atoms with Gasteiger partial charge in [-0.1, -0.05) is 12.1 Å². The number of halogens is 1. The zero-order valence-corrected chi connectivity index (χ0v) is 14.3. The average Bonchev–Trinajstić information content (AvgIpc) is 2.94. The largest absolute Gasteiger partial charge is 0.329 e. The maximum absolute atomic E-state index is 12.8. The highest BCUT2D eigenvalue weighted by Gasteiger charge is 2.37. The van der Waals surface area contributed by atoms with Gasteiger partial charge in [0.2, 0.25) is 5.91 Å². The summed E-state index contributed by atoms with van der Waals surface area (Å²) in [4.78, 5) is 15.3. The Labute approximate surface area is 141 Å². The summed E-state index contributed by atoms with van der Waals surface area (Å²) in [6, 6.07) is 6.16. The molecule has 1 amide bonds. The van der Waals surface area contributed by atoms with Gasteiger partial charge in [0, 0.05) is 12.5 Å². The van der Waals surface area contributed by atoms with Crippen LogP contribution in [0.3, 0.4) is 0 Å². The lowest BCUT2D eigenvalue weighted by molar-refractivity contribution is -0.925. The second-order valence-corrected chi connectivity index (χ2v) is 8.70. The Balaban J connectivity index is 1.51. The molecule has 7 heteroatoms. The summed E-state index contributed by atoms with van der Waals surface area (Å²) >= 11 is 0. The Kier molecular flexibility index (Phi) is 5.01. The van der Waals surface area contributed by atoms with E-state index in [-0.39, 0.29) is 23.5 Å². The molecule has 2 aliphatic rings. The van der Waals surface area contributed by atoms with Crippen LogP contribution < -0.4 is 4.90 Å². The average molecular weight is 353 g/mol. The molecule has 2 aliphatic heterocycles. The first-order chi connectivity index (χ1) is 11.4. The van der Waals surface area contributed by atoms with Crippen molar-refractivity contribution in [2.75, 3.05) is 37.7 Å². The molecular formula is C17H22FN2O3S+. The van der Waals surface area contributed by atoms with E-state index in [0.29, 0.717) is 18.8 Å². The quantitative estimate of drug-likeness (QED) is 0.763. The van der Waals surface area contributed by atoms with Crippen LogP contribution in [-0.4, -0.2) is 63.0 Å². The lowest BCUT2D eigenvalue weighted by atomic mass is 10.2. The Morgan fingerprint density at radius 1 is 1.21 bits per heavy atom. The standard InChI is InChI=1S/C17H21FN2O3S/c18-15-4-1-14(2-5-15)3-6-17(21)20-10-8-19(9-11-20)16-7-12-24(22,23)13-16/h1-6,16H,7-13H2/p+1/b6-3+/t16-/m0/s1. The maximum Gasteiger partial charge on any atom is 0.246 e. The molecule has 1 aromatic carbocycles. The molecule has 0 aliphatic carbocycles. The molecule has 24 heavy (non-hydrogen) atoms. The van der Waals surface area contributed by atoms with Gasteiger partial charge in [0.25, 0.3) is 0 Å². The van der Waals surface area contributed by atoms with Crippen molar-refractivity contribution >= 4 is 21.8 Å². The Bertz CT molecular complexity index is 723. The minimum absolute atomic E-state index is 0.0579. The van der Waals surface area contributed by atoms with E-state index in [9.17, 15) is 17.6 Å². The number of nitrogens with one attached hydrogen (secondary N) is 1. The molecule has 0 radical (unpaired) electrons. The highest BCUT2D eigenvalue weighted by atomic mass is 32.2. The number of amides is 1. The third kappa shape index (κ3) is 4.21. The van der Waals surface area contributed by atoms with Crippen molar-refractivity contribution in [3.8, 4) is 0 Å². The summed E-state index contributed by atoms with van der Waals surface area (Å²) in [5, 5.41) is 0. The number of quaternary nitrogens is 1. The van der Waals surface area contributed by atoms with Gasteiger partial charge in [0.1, 0.15) is 17.6 Å². The second-order valence-electron chi connectivity index (χ2n) is 6.47. The summed E-state index contributed by atoms with van der Waals surface area (Å²) in [5.74, 6) is 0.217. The van der Waals surface area contributed by atoms with Crippen LogP contribution in [0.5, 0.6) is 0 Å². The zero-order valence-electron chi connectivity index (χ0n) is 13.4. The van der Waals surface area contributed by atoms with Crippen molar-refractivity contribution in [2.24, 2.45) is 0 Å². The molecular weight excluding hydrogens is 331 g/mol. The summed E-state index contributed by atoms with van der Waals surface area (Å²) in [5.41, 5.74) is 0.783. The molecule has 0 spiro atoms. The van der Waals surface area contributed by atoms with E-state index >= 15 is 0 Å². The van der Waals surface area contributed by atoms with Crippen molar-refractivity contribution in [3.05, 3.63) is 41.7 Å². The van der Waals surface area contributed by atoms with E-state index in [1.165, 1.54) is 23.1 Å². The van der Waals surface area contributed by atoms with Gasteiger partial charge in [0.05, 0.1) is 31.9 Å². The number of rotatable bonds is 3. The van der Waals surface area contributed by atoms with Gasteiger partial charge in [0.15, 0.2) is 9.84 Å². The first-order valence-corrected chi connectivity index (χ1v) is 10.0. The number of hydrogen-bond donors (Lipinski definition) is 1. The SMILES string of the molecule is O=C(/C=C/c1ccc(F)cc1)N1CC[NH+]([C@H]2CCS(=O)(=O)C2)CC1. The Morgan fingerprint density at radius 3 is 2.46 bits per heavy atom. The van der Waals surface area contributed by atoms with E-state index in [1.807, 2.05) is 0 Å². The van der Waals surface area contributed by atoms with Crippen LogP contribution in [0.4, 0.5) is 4.39 Å². The molecule has 1 atom stereocenters. The number of nitrogens with zero attached hydrogens (tertiary/aromatic N) is 1.